The van der Waals surface area contributed by atoms with Gasteiger partial charge in [0.15, 0.2) is 0 Å². The number of halogens is 1. The predicted molar refractivity (Wildman–Crippen MR) is 117 cm³/mol. The highest BCUT2D eigenvalue weighted by atomic mass is 35.5. The van der Waals surface area contributed by atoms with Crippen molar-refractivity contribution in [1.29, 1.82) is 0 Å². The topological polar surface area (TPSA) is 45.7 Å². The minimum absolute atomic E-state index is 0.0576. The molecule has 0 unspecified atom stereocenters. The van der Waals surface area contributed by atoms with Crippen molar-refractivity contribution < 1.29 is 9.53 Å². The number of hydrogen-bond donors (Lipinski definition) is 0. The fraction of sp³-hybridized carbons (Fsp3) is 0.273. The van der Waals surface area contributed by atoms with Crippen molar-refractivity contribution in [2.24, 2.45) is 0 Å². The second-order valence-electron chi connectivity index (χ2n) is 6.95. The largest absolute Gasteiger partial charge is 0.497 e. The average molecular weight is 428 g/mol. The van der Waals surface area contributed by atoms with Gasteiger partial charge in [-0.1, -0.05) is 29.8 Å². The van der Waals surface area contributed by atoms with Gasteiger partial charge in [-0.15, -0.1) is 11.3 Å². The van der Waals surface area contributed by atoms with Crippen molar-refractivity contribution in [3.05, 3.63) is 70.2 Å². The Labute approximate surface area is 179 Å². The number of nitrogens with zero attached hydrogens (tertiary/aromatic N) is 3. The Morgan fingerprint density at radius 3 is 2.62 bits per heavy atom. The Hall–Kier alpha value is -2.41. The summed E-state index contributed by atoms with van der Waals surface area (Å²) in [6.07, 6.45) is 0. The number of thiazole rings is 1. The minimum atomic E-state index is 0.0576. The van der Waals surface area contributed by atoms with Crippen molar-refractivity contribution in [3.8, 4) is 16.3 Å². The Morgan fingerprint density at radius 2 is 1.90 bits per heavy atom. The van der Waals surface area contributed by atoms with Crippen molar-refractivity contribution in [3.63, 3.8) is 0 Å². The average Bonchev–Trinajstić information content (AvgIpc) is 3.23. The zero-order valence-corrected chi connectivity index (χ0v) is 17.7. The Kier molecular flexibility index (Phi) is 6.13. The van der Waals surface area contributed by atoms with Gasteiger partial charge in [-0.05, 0) is 30.3 Å². The van der Waals surface area contributed by atoms with E-state index in [0.717, 1.165) is 40.9 Å². The number of aromatic nitrogens is 1. The van der Waals surface area contributed by atoms with Crippen molar-refractivity contribution in [1.82, 2.24) is 14.8 Å². The first-order chi connectivity index (χ1) is 14.1. The number of hydrogen-bond acceptors (Lipinski definition) is 5. The lowest BCUT2D eigenvalue weighted by Crippen LogP contribution is -2.48. The number of methoxy groups -OCH3 is 1. The van der Waals surface area contributed by atoms with Crippen LogP contribution < -0.4 is 4.74 Å². The van der Waals surface area contributed by atoms with E-state index in [0.29, 0.717) is 24.4 Å². The number of amides is 1. The van der Waals surface area contributed by atoms with Gasteiger partial charge in [-0.3, -0.25) is 9.69 Å². The van der Waals surface area contributed by atoms with Crippen molar-refractivity contribution >= 4 is 28.8 Å². The van der Waals surface area contributed by atoms with Gasteiger partial charge >= 0.3 is 0 Å². The van der Waals surface area contributed by atoms with Crippen molar-refractivity contribution in [2.75, 3.05) is 33.3 Å². The molecule has 0 radical (unpaired) electrons. The molecular weight excluding hydrogens is 406 g/mol. The van der Waals surface area contributed by atoms with E-state index < -0.39 is 0 Å². The smallest absolute Gasteiger partial charge is 0.254 e. The Morgan fingerprint density at radius 1 is 1.14 bits per heavy atom. The number of rotatable bonds is 5. The van der Waals surface area contributed by atoms with E-state index in [2.05, 4.69) is 10.3 Å². The van der Waals surface area contributed by atoms with Gasteiger partial charge in [0.2, 0.25) is 0 Å². The quantitative estimate of drug-likeness (QED) is 0.604. The van der Waals surface area contributed by atoms with Crippen LogP contribution in [0, 0.1) is 0 Å². The summed E-state index contributed by atoms with van der Waals surface area (Å²) >= 11 is 7.61. The zero-order valence-electron chi connectivity index (χ0n) is 16.2. The lowest BCUT2D eigenvalue weighted by molar-refractivity contribution is 0.0627. The molecule has 0 N–H and O–H groups in total. The van der Waals surface area contributed by atoms with Gasteiger partial charge in [0.05, 0.1) is 12.8 Å². The molecule has 0 saturated carbocycles. The molecule has 1 aliphatic rings. The molecule has 3 aromatic rings. The third kappa shape index (κ3) is 4.78. The van der Waals surface area contributed by atoms with Gasteiger partial charge in [0, 0.05) is 54.3 Å². The van der Waals surface area contributed by atoms with Crippen LogP contribution in [0.5, 0.6) is 5.75 Å². The van der Waals surface area contributed by atoms with E-state index in [4.69, 9.17) is 21.3 Å². The van der Waals surface area contributed by atoms with Crippen molar-refractivity contribution in [2.45, 2.75) is 6.54 Å². The van der Waals surface area contributed by atoms with E-state index in [1.807, 2.05) is 47.4 Å². The maximum Gasteiger partial charge on any atom is 0.254 e. The summed E-state index contributed by atoms with van der Waals surface area (Å²) < 4.78 is 5.22. The first-order valence-corrected chi connectivity index (χ1v) is 10.7. The fourth-order valence-electron chi connectivity index (χ4n) is 3.38. The van der Waals surface area contributed by atoms with Gasteiger partial charge in [0.25, 0.3) is 5.91 Å². The summed E-state index contributed by atoms with van der Waals surface area (Å²) in [6, 6.07) is 15.1. The molecule has 1 fully saturated rings. The summed E-state index contributed by atoms with van der Waals surface area (Å²) in [5.74, 6) is 0.761. The highest BCUT2D eigenvalue weighted by Gasteiger charge is 2.23. The second-order valence-corrected chi connectivity index (χ2v) is 8.25. The number of benzene rings is 2. The van der Waals surface area contributed by atoms with E-state index in [1.54, 1.807) is 24.5 Å². The molecule has 0 aliphatic carbocycles. The summed E-state index contributed by atoms with van der Waals surface area (Å²) in [7, 11) is 1.61. The molecule has 4 rings (SSSR count). The number of piperazine rings is 1. The molecular formula is C22H22ClN3O2S. The van der Waals surface area contributed by atoms with E-state index in [9.17, 15) is 4.79 Å². The maximum atomic E-state index is 12.7. The number of carbonyl (C=O) groups excluding carboxylic acids is 1. The SMILES string of the molecule is COc1cccc(C(=O)N2CCN(Cc3csc(-c4ccc(Cl)cc4)n3)CC2)c1. The summed E-state index contributed by atoms with van der Waals surface area (Å²) in [5, 5.41) is 3.84. The number of ether oxygens (including phenoxy) is 1. The fourth-order valence-corrected chi connectivity index (χ4v) is 4.32. The van der Waals surface area contributed by atoms with E-state index in [1.165, 1.54) is 0 Å². The Balaban J connectivity index is 1.33. The molecule has 1 aromatic heterocycles. The highest BCUT2D eigenvalue weighted by molar-refractivity contribution is 7.13. The summed E-state index contributed by atoms with van der Waals surface area (Å²) in [4.78, 5) is 21.8. The molecule has 7 heteroatoms. The first kappa shape index (κ1) is 19.9. The molecule has 0 atom stereocenters. The Bertz CT molecular complexity index is 982. The standard InChI is InChI=1S/C22H22ClN3O2S/c1-28-20-4-2-3-17(13-20)22(27)26-11-9-25(10-12-26)14-19-15-29-21(24-19)16-5-7-18(23)8-6-16/h2-8,13,15H,9-12,14H2,1H3. The minimum Gasteiger partial charge on any atom is -0.497 e. The van der Waals surface area contributed by atoms with Gasteiger partial charge in [0.1, 0.15) is 10.8 Å². The third-order valence-electron chi connectivity index (χ3n) is 5.00. The lowest BCUT2D eigenvalue weighted by atomic mass is 10.1. The molecule has 1 aliphatic heterocycles. The molecule has 1 amide bonds. The first-order valence-electron chi connectivity index (χ1n) is 9.48. The second kappa shape index (κ2) is 8.95. The van der Waals surface area contributed by atoms with Gasteiger partial charge in [-0.25, -0.2) is 4.98 Å². The van der Waals surface area contributed by atoms with Crippen LogP contribution in [0.4, 0.5) is 0 Å². The lowest BCUT2D eigenvalue weighted by Gasteiger charge is -2.34. The van der Waals surface area contributed by atoms with Crippen LogP contribution in [0.2, 0.25) is 5.02 Å². The normalized spacial score (nSPS) is 14.8. The van der Waals surface area contributed by atoms with Gasteiger partial charge < -0.3 is 9.64 Å². The van der Waals surface area contributed by atoms with Gasteiger partial charge in [-0.2, -0.15) is 0 Å². The molecule has 0 bridgehead atoms. The van der Waals surface area contributed by atoms with Crippen LogP contribution >= 0.6 is 22.9 Å². The van der Waals surface area contributed by atoms with Crippen LogP contribution in [0.1, 0.15) is 16.1 Å². The number of carbonyl (C=O) groups is 1. The maximum absolute atomic E-state index is 12.7. The monoisotopic (exact) mass is 427 g/mol. The molecule has 150 valence electrons. The molecule has 29 heavy (non-hydrogen) atoms. The van der Waals surface area contributed by atoms with Crippen LogP contribution in [-0.4, -0.2) is 54.0 Å². The van der Waals surface area contributed by atoms with E-state index in [-0.39, 0.29) is 5.91 Å². The van der Waals surface area contributed by atoms with Crippen LogP contribution in [0.3, 0.4) is 0 Å². The summed E-state index contributed by atoms with van der Waals surface area (Å²) in [6.45, 7) is 3.90. The molecule has 2 aromatic carbocycles. The van der Waals surface area contributed by atoms with Crippen LogP contribution in [0.25, 0.3) is 10.6 Å². The van der Waals surface area contributed by atoms with Crippen LogP contribution in [-0.2, 0) is 6.54 Å². The van der Waals surface area contributed by atoms with E-state index >= 15 is 0 Å². The predicted octanol–water partition coefficient (Wildman–Crippen LogP) is 4.43. The molecule has 2 heterocycles. The highest BCUT2D eigenvalue weighted by Crippen LogP contribution is 2.26. The zero-order chi connectivity index (χ0) is 20.2. The molecule has 1 saturated heterocycles. The summed E-state index contributed by atoms with van der Waals surface area (Å²) in [5.41, 5.74) is 2.82. The third-order valence-corrected chi connectivity index (χ3v) is 6.20. The van der Waals surface area contributed by atoms with Crippen LogP contribution in [0.15, 0.2) is 53.9 Å². The molecule has 0 spiro atoms. The molecule has 5 nitrogen and oxygen atoms in total.